The first-order valence-corrected chi connectivity index (χ1v) is 11.4. The maximum Gasteiger partial charge on any atom is 0.325 e. The van der Waals surface area contributed by atoms with E-state index in [0.29, 0.717) is 12.8 Å². The number of benzene rings is 2. The summed E-state index contributed by atoms with van der Waals surface area (Å²) in [4.78, 5) is 41.7. The highest BCUT2D eigenvalue weighted by molar-refractivity contribution is 5.92. The molecule has 1 aliphatic rings. The van der Waals surface area contributed by atoms with Gasteiger partial charge in [0.05, 0.1) is 6.04 Å². The van der Waals surface area contributed by atoms with E-state index in [2.05, 4.69) is 5.32 Å². The van der Waals surface area contributed by atoms with E-state index in [1.54, 1.807) is 17.0 Å². The molecule has 0 radical (unpaired) electrons. The minimum atomic E-state index is -1.13. The molecule has 8 heteroatoms. The van der Waals surface area contributed by atoms with Gasteiger partial charge in [0, 0.05) is 13.0 Å². The van der Waals surface area contributed by atoms with Crippen molar-refractivity contribution in [2.75, 3.05) is 14.1 Å². The Bertz CT molecular complexity index is 1070. The molecular formula is C26H33N3O5. The molecule has 1 aliphatic heterocycles. The second-order valence-electron chi connectivity index (χ2n) is 9.26. The molecule has 3 atom stereocenters. The lowest BCUT2D eigenvalue weighted by Crippen LogP contribution is -2.58. The van der Waals surface area contributed by atoms with Gasteiger partial charge >= 0.3 is 5.97 Å². The minimum absolute atomic E-state index is 0.184. The van der Waals surface area contributed by atoms with Crippen LogP contribution in [0.5, 0.6) is 5.75 Å². The highest BCUT2D eigenvalue weighted by atomic mass is 16.4. The van der Waals surface area contributed by atoms with Crippen LogP contribution in [-0.4, -0.2) is 70.0 Å². The zero-order valence-corrected chi connectivity index (χ0v) is 20.3. The standard InChI is InChI=1S/C26H33N3O5/c1-15-10-20(30)11-16(2)21(15)13-23(28(4)5)25(32)29-14-19-9-7-6-8-18(19)12-22(29)24(31)27-17(3)26(33)34/h6-11,17,22-23,30H,12-14H2,1-5H3,(H,27,31)(H,33,34)/t17-,22?,23?/m0/s1. The summed E-state index contributed by atoms with van der Waals surface area (Å²) >= 11 is 0. The van der Waals surface area contributed by atoms with Crippen LogP contribution in [0.2, 0.25) is 0 Å². The first kappa shape index (κ1) is 25.2. The second-order valence-corrected chi connectivity index (χ2v) is 9.26. The number of amides is 2. The average Bonchev–Trinajstić information content (AvgIpc) is 2.76. The Balaban J connectivity index is 1.95. The fourth-order valence-corrected chi connectivity index (χ4v) is 4.53. The van der Waals surface area contributed by atoms with Crippen molar-refractivity contribution in [3.63, 3.8) is 0 Å². The number of phenolic OH excluding ortho intramolecular Hbond substituents is 1. The number of hydrogen-bond acceptors (Lipinski definition) is 5. The van der Waals surface area contributed by atoms with Crippen molar-refractivity contribution in [2.45, 2.75) is 58.3 Å². The van der Waals surface area contributed by atoms with Crippen LogP contribution in [0.3, 0.4) is 0 Å². The summed E-state index contributed by atoms with van der Waals surface area (Å²) in [5.41, 5.74) is 4.71. The molecule has 0 saturated carbocycles. The second kappa shape index (κ2) is 10.3. The van der Waals surface area contributed by atoms with Crippen molar-refractivity contribution in [2.24, 2.45) is 0 Å². The van der Waals surface area contributed by atoms with Gasteiger partial charge in [-0.1, -0.05) is 24.3 Å². The minimum Gasteiger partial charge on any atom is -0.508 e. The number of carbonyl (C=O) groups excluding carboxylic acids is 2. The van der Waals surface area contributed by atoms with E-state index in [4.69, 9.17) is 0 Å². The molecule has 0 fully saturated rings. The molecule has 3 rings (SSSR count). The van der Waals surface area contributed by atoms with Gasteiger partial charge in [0.2, 0.25) is 11.8 Å². The van der Waals surface area contributed by atoms with Gasteiger partial charge in [0.1, 0.15) is 17.8 Å². The van der Waals surface area contributed by atoms with Gasteiger partial charge in [-0.2, -0.15) is 0 Å². The van der Waals surface area contributed by atoms with Gasteiger partial charge in [-0.15, -0.1) is 0 Å². The third kappa shape index (κ3) is 5.39. The van der Waals surface area contributed by atoms with E-state index in [1.807, 2.05) is 57.1 Å². The Morgan fingerprint density at radius 2 is 1.71 bits per heavy atom. The van der Waals surface area contributed by atoms with Crippen LogP contribution in [0.4, 0.5) is 0 Å². The number of carboxylic acids is 1. The van der Waals surface area contributed by atoms with Crippen LogP contribution in [0.15, 0.2) is 36.4 Å². The summed E-state index contributed by atoms with van der Waals surface area (Å²) in [6, 6.07) is 8.63. The van der Waals surface area contributed by atoms with Gasteiger partial charge in [-0.3, -0.25) is 19.3 Å². The van der Waals surface area contributed by atoms with Crippen molar-refractivity contribution >= 4 is 17.8 Å². The van der Waals surface area contributed by atoms with Crippen LogP contribution in [0.1, 0.15) is 34.7 Å². The molecule has 2 amide bonds. The maximum atomic E-state index is 13.9. The fraction of sp³-hybridized carbons (Fsp3) is 0.423. The lowest BCUT2D eigenvalue weighted by molar-refractivity contribution is -0.147. The molecule has 0 saturated heterocycles. The molecule has 0 aliphatic carbocycles. The number of nitrogens with zero attached hydrogens (tertiary/aromatic N) is 2. The van der Waals surface area contributed by atoms with Crippen molar-refractivity contribution in [3.05, 3.63) is 64.2 Å². The zero-order chi connectivity index (χ0) is 25.2. The molecule has 182 valence electrons. The topological polar surface area (TPSA) is 110 Å². The maximum absolute atomic E-state index is 13.9. The number of rotatable bonds is 7. The summed E-state index contributed by atoms with van der Waals surface area (Å²) in [5, 5.41) is 21.7. The summed E-state index contributed by atoms with van der Waals surface area (Å²) in [5.74, 6) is -1.63. The summed E-state index contributed by atoms with van der Waals surface area (Å²) in [7, 11) is 3.65. The molecule has 0 spiro atoms. The monoisotopic (exact) mass is 467 g/mol. The van der Waals surface area contributed by atoms with E-state index in [-0.39, 0.29) is 18.2 Å². The normalized spacial score (nSPS) is 17.1. The van der Waals surface area contributed by atoms with Crippen LogP contribution in [0.25, 0.3) is 0 Å². The number of carboxylic acid groups (broad SMARTS) is 1. The molecule has 3 N–H and O–H groups in total. The number of fused-ring (bicyclic) bond motifs is 1. The van der Waals surface area contributed by atoms with Crippen LogP contribution < -0.4 is 5.32 Å². The fourth-order valence-electron chi connectivity index (χ4n) is 4.53. The molecule has 0 bridgehead atoms. The lowest BCUT2D eigenvalue weighted by Gasteiger charge is -2.39. The van der Waals surface area contributed by atoms with E-state index in [9.17, 15) is 24.6 Å². The molecule has 2 aromatic carbocycles. The molecule has 34 heavy (non-hydrogen) atoms. The summed E-state index contributed by atoms with van der Waals surface area (Å²) < 4.78 is 0. The van der Waals surface area contributed by atoms with Crippen molar-refractivity contribution in [1.82, 2.24) is 15.1 Å². The quantitative estimate of drug-likeness (QED) is 0.575. The highest BCUT2D eigenvalue weighted by Crippen LogP contribution is 2.27. The van der Waals surface area contributed by atoms with Crippen molar-refractivity contribution < 1.29 is 24.6 Å². The lowest BCUT2D eigenvalue weighted by atomic mass is 9.90. The molecule has 2 unspecified atom stereocenters. The van der Waals surface area contributed by atoms with E-state index < -0.39 is 30.0 Å². The molecule has 0 aromatic heterocycles. The number of aryl methyl sites for hydroxylation is 2. The Hall–Kier alpha value is -3.39. The number of aliphatic carboxylic acids is 1. The highest BCUT2D eigenvalue weighted by Gasteiger charge is 2.39. The largest absolute Gasteiger partial charge is 0.508 e. The Morgan fingerprint density at radius 1 is 1.12 bits per heavy atom. The third-order valence-electron chi connectivity index (χ3n) is 6.55. The third-order valence-corrected chi connectivity index (χ3v) is 6.55. The van der Waals surface area contributed by atoms with Crippen molar-refractivity contribution in [1.29, 1.82) is 0 Å². The SMILES string of the molecule is Cc1cc(O)cc(C)c1CC(C(=O)N1Cc2ccccc2CC1C(=O)N[C@@H](C)C(=O)O)N(C)C. The molecule has 8 nitrogen and oxygen atoms in total. The molecule has 2 aromatic rings. The first-order valence-electron chi connectivity index (χ1n) is 11.4. The van der Waals surface area contributed by atoms with E-state index in [1.165, 1.54) is 6.92 Å². The number of hydrogen-bond donors (Lipinski definition) is 3. The van der Waals surface area contributed by atoms with E-state index in [0.717, 1.165) is 27.8 Å². The van der Waals surface area contributed by atoms with Crippen molar-refractivity contribution in [3.8, 4) is 5.75 Å². The van der Waals surface area contributed by atoms with Gasteiger partial charge in [0.25, 0.3) is 0 Å². The van der Waals surface area contributed by atoms with Crippen LogP contribution in [0, 0.1) is 13.8 Å². The zero-order valence-electron chi connectivity index (χ0n) is 20.3. The number of aromatic hydroxyl groups is 1. The Kier molecular flexibility index (Phi) is 7.61. The summed E-state index contributed by atoms with van der Waals surface area (Å²) in [6.07, 6.45) is 0.735. The van der Waals surface area contributed by atoms with Gasteiger partial charge in [0.15, 0.2) is 0 Å². The predicted octanol–water partition coefficient (Wildman–Crippen LogP) is 2.02. The van der Waals surface area contributed by atoms with Gasteiger partial charge in [-0.05, 0) is 81.2 Å². The summed E-state index contributed by atoms with van der Waals surface area (Å²) in [6.45, 7) is 5.48. The predicted molar refractivity (Wildman–Crippen MR) is 128 cm³/mol. The van der Waals surface area contributed by atoms with Gasteiger partial charge < -0.3 is 20.4 Å². The number of carbonyl (C=O) groups is 3. The number of phenols is 1. The average molecular weight is 468 g/mol. The first-order chi connectivity index (χ1) is 16.0. The Morgan fingerprint density at radius 3 is 2.26 bits per heavy atom. The van der Waals surface area contributed by atoms with Gasteiger partial charge in [-0.25, -0.2) is 0 Å². The molecule has 1 heterocycles. The number of nitrogens with one attached hydrogen (secondary N) is 1. The van der Waals surface area contributed by atoms with Crippen LogP contribution in [-0.2, 0) is 33.8 Å². The molecular weight excluding hydrogens is 434 g/mol. The van der Waals surface area contributed by atoms with Crippen LogP contribution >= 0.6 is 0 Å². The number of likely N-dealkylation sites (N-methyl/N-ethyl adjacent to an activating group) is 1. The Labute approximate surface area is 200 Å². The van der Waals surface area contributed by atoms with E-state index >= 15 is 0 Å². The smallest absolute Gasteiger partial charge is 0.325 e.